The van der Waals surface area contributed by atoms with Crippen molar-refractivity contribution in [3.8, 4) is 0 Å². The molecule has 0 amide bonds. The highest BCUT2D eigenvalue weighted by molar-refractivity contribution is 7.88. The first-order valence-corrected chi connectivity index (χ1v) is 5.81. The lowest BCUT2D eigenvalue weighted by Gasteiger charge is -1.96. The van der Waals surface area contributed by atoms with Crippen LogP contribution < -0.4 is 4.72 Å². The van der Waals surface area contributed by atoms with E-state index in [1.54, 1.807) is 0 Å². The minimum atomic E-state index is -3.28. The quantitative estimate of drug-likeness (QED) is 0.635. The topological polar surface area (TPSA) is 114 Å². The Morgan fingerprint density at radius 3 is 2.87 bits per heavy atom. The number of carboxylic acid groups (broad SMARTS) is 1. The number of carbonyl (C=O) groups is 1. The zero-order valence-electron chi connectivity index (χ0n) is 7.91. The molecule has 0 aliphatic carbocycles. The predicted octanol–water partition coefficient (Wildman–Crippen LogP) is -1.59. The molecule has 9 heteroatoms. The van der Waals surface area contributed by atoms with Gasteiger partial charge in [-0.3, -0.25) is 4.79 Å². The van der Waals surface area contributed by atoms with Crippen molar-refractivity contribution in [3.63, 3.8) is 0 Å². The fraction of sp³-hybridized carbons (Fsp3) is 0.500. The van der Waals surface area contributed by atoms with Crippen LogP contribution in [0.2, 0.25) is 0 Å². The molecule has 1 aromatic heterocycles. The van der Waals surface area contributed by atoms with Gasteiger partial charge in [0.05, 0.1) is 24.7 Å². The van der Waals surface area contributed by atoms with E-state index in [0.29, 0.717) is 5.69 Å². The monoisotopic (exact) mass is 234 g/mol. The lowest BCUT2D eigenvalue weighted by atomic mass is 10.5. The molecule has 0 unspecified atom stereocenters. The molecule has 1 heterocycles. The van der Waals surface area contributed by atoms with Crippen LogP contribution in [-0.2, 0) is 27.9 Å². The van der Waals surface area contributed by atoms with Gasteiger partial charge in [0.2, 0.25) is 10.0 Å². The molecule has 15 heavy (non-hydrogen) atoms. The van der Waals surface area contributed by atoms with E-state index < -0.39 is 16.0 Å². The molecule has 0 aliphatic heterocycles. The van der Waals surface area contributed by atoms with Crippen molar-refractivity contribution >= 4 is 16.0 Å². The smallest absolute Gasteiger partial charge is 0.325 e. The summed E-state index contributed by atoms with van der Waals surface area (Å²) in [5.74, 6) is -1.04. The van der Waals surface area contributed by atoms with E-state index in [0.717, 1.165) is 10.9 Å². The van der Waals surface area contributed by atoms with Crippen LogP contribution in [0.1, 0.15) is 5.69 Å². The Morgan fingerprint density at radius 1 is 1.67 bits per heavy atom. The normalized spacial score (nSPS) is 11.5. The molecule has 84 valence electrons. The molecule has 0 bridgehead atoms. The van der Waals surface area contributed by atoms with Crippen LogP contribution >= 0.6 is 0 Å². The van der Waals surface area contributed by atoms with Crippen molar-refractivity contribution in [2.24, 2.45) is 0 Å². The summed E-state index contributed by atoms with van der Waals surface area (Å²) in [6, 6.07) is 0. The van der Waals surface area contributed by atoms with E-state index in [1.165, 1.54) is 6.20 Å². The standard InChI is InChI=1S/C6H10N4O4S/c1-15(13,14)7-2-5-3-10(9-8-5)4-6(11)12/h3,7H,2,4H2,1H3,(H,11,12). The highest BCUT2D eigenvalue weighted by Gasteiger charge is 2.06. The lowest BCUT2D eigenvalue weighted by molar-refractivity contribution is -0.137. The van der Waals surface area contributed by atoms with E-state index in [1.807, 2.05) is 0 Å². The summed E-state index contributed by atoms with van der Waals surface area (Å²) in [7, 11) is -3.28. The third kappa shape index (κ3) is 4.51. The largest absolute Gasteiger partial charge is 0.480 e. The zero-order chi connectivity index (χ0) is 11.5. The molecule has 0 saturated carbocycles. The van der Waals surface area contributed by atoms with Crippen molar-refractivity contribution in [1.29, 1.82) is 0 Å². The number of nitrogens with zero attached hydrogens (tertiary/aromatic N) is 3. The Morgan fingerprint density at radius 2 is 2.33 bits per heavy atom. The number of hydrogen-bond acceptors (Lipinski definition) is 5. The number of nitrogens with one attached hydrogen (secondary N) is 1. The SMILES string of the molecule is CS(=O)(=O)NCc1cn(CC(=O)O)nn1. The van der Waals surface area contributed by atoms with Gasteiger partial charge in [-0.05, 0) is 0 Å². The summed E-state index contributed by atoms with van der Waals surface area (Å²) in [5.41, 5.74) is 0.363. The van der Waals surface area contributed by atoms with Gasteiger partial charge in [-0.25, -0.2) is 17.8 Å². The fourth-order valence-corrected chi connectivity index (χ4v) is 1.25. The average molecular weight is 234 g/mol. The number of carboxylic acids is 1. The zero-order valence-corrected chi connectivity index (χ0v) is 8.73. The third-order valence-corrected chi connectivity index (χ3v) is 2.07. The van der Waals surface area contributed by atoms with Crippen molar-refractivity contribution in [1.82, 2.24) is 19.7 Å². The van der Waals surface area contributed by atoms with Gasteiger partial charge in [-0.2, -0.15) is 0 Å². The van der Waals surface area contributed by atoms with E-state index in [-0.39, 0.29) is 13.1 Å². The summed E-state index contributed by atoms with van der Waals surface area (Å²) in [4.78, 5) is 10.3. The van der Waals surface area contributed by atoms with Crippen LogP contribution in [0, 0.1) is 0 Å². The van der Waals surface area contributed by atoms with Gasteiger partial charge in [0.25, 0.3) is 0 Å². The number of aromatic nitrogens is 3. The van der Waals surface area contributed by atoms with Crippen LogP contribution in [0.25, 0.3) is 0 Å². The summed E-state index contributed by atoms with van der Waals surface area (Å²) >= 11 is 0. The predicted molar refractivity (Wildman–Crippen MR) is 49.3 cm³/mol. The number of hydrogen-bond donors (Lipinski definition) is 2. The molecule has 0 fully saturated rings. The molecule has 1 rings (SSSR count). The Balaban J connectivity index is 2.57. The van der Waals surface area contributed by atoms with Crippen molar-refractivity contribution < 1.29 is 18.3 Å². The van der Waals surface area contributed by atoms with Crippen molar-refractivity contribution in [2.75, 3.05) is 6.26 Å². The maximum Gasteiger partial charge on any atom is 0.325 e. The van der Waals surface area contributed by atoms with Crippen LogP contribution in [0.4, 0.5) is 0 Å². The first kappa shape index (κ1) is 11.6. The van der Waals surface area contributed by atoms with Gasteiger partial charge < -0.3 is 5.11 Å². The van der Waals surface area contributed by atoms with Crippen molar-refractivity contribution in [2.45, 2.75) is 13.1 Å². The fourth-order valence-electron chi connectivity index (χ4n) is 0.840. The summed E-state index contributed by atoms with van der Waals surface area (Å²) in [6.45, 7) is -0.301. The van der Waals surface area contributed by atoms with Gasteiger partial charge >= 0.3 is 5.97 Å². The minimum absolute atomic E-state index is 0.00154. The Hall–Kier alpha value is -1.48. The Kier molecular flexibility index (Phi) is 3.37. The first-order chi connectivity index (χ1) is 6.87. The van der Waals surface area contributed by atoms with Gasteiger partial charge in [0.15, 0.2) is 0 Å². The van der Waals surface area contributed by atoms with Gasteiger partial charge in [0, 0.05) is 0 Å². The van der Waals surface area contributed by atoms with Gasteiger partial charge in [0.1, 0.15) is 6.54 Å². The second-order valence-electron chi connectivity index (χ2n) is 2.89. The maximum absolute atomic E-state index is 10.7. The molecule has 1 aromatic rings. The second kappa shape index (κ2) is 4.36. The van der Waals surface area contributed by atoms with E-state index in [9.17, 15) is 13.2 Å². The summed E-state index contributed by atoms with van der Waals surface area (Å²) in [6.07, 6.45) is 2.39. The van der Waals surface area contributed by atoms with Crippen LogP contribution in [0.15, 0.2) is 6.20 Å². The second-order valence-corrected chi connectivity index (χ2v) is 4.73. The maximum atomic E-state index is 10.7. The third-order valence-electron chi connectivity index (χ3n) is 1.40. The number of sulfonamides is 1. The van der Waals surface area contributed by atoms with E-state index in [2.05, 4.69) is 15.0 Å². The Bertz CT molecular complexity index is 451. The minimum Gasteiger partial charge on any atom is -0.480 e. The molecule has 0 atom stereocenters. The molecule has 2 N–H and O–H groups in total. The van der Waals surface area contributed by atoms with Crippen LogP contribution in [-0.4, -0.2) is 40.7 Å². The highest BCUT2D eigenvalue weighted by Crippen LogP contribution is 1.93. The average Bonchev–Trinajstić information content (AvgIpc) is 2.46. The molecule has 0 spiro atoms. The van der Waals surface area contributed by atoms with Gasteiger partial charge in [-0.1, -0.05) is 5.21 Å². The van der Waals surface area contributed by atoms with Crippen molar-refractivity contribution in [3.05, 3.63) is 11.9 Å². The summed E-state index contributed by atoms with van der Waals surface area (Å²) < 4.78 is 24.8. The molecular formula is C6H10N4O4S. The van der Waals surface area contributed by atoms with E-state index >= 15 is 0 Å². The summed E-state index contributed by atoms with van der Waals surface area (Å²) in [5, 5.41) is 15.5. The van der Waals surface area contributed by atoms with Gasteiger partial charge in [-0.15, -0.1) is 5.10 Å². The molecule has 8 nitrogen and oxygen atoms in total. The molecule has 0 saturated heterocycles. The van der Waals surface area contributed by atoms with Crippen LogP contribution in [0.3, 0.4) is 0 Å². The van der Waals surface area contributed by atoms with Crippen LogP contribution in [0.5, 0.6) is 0 Å². The first-order valence-electron chi connectivity index (χ1n) is 3.92. The molecule has 0 aliphatic rings. The van der Waals surface area contributed by atoms with E-state index in [4.69, 9.17) is 5.11 Å². The Labute approximate surface area is 86.0 Å². The highest BCUT2D eigenvalue weighted by atomic mass is 32.2. The number of aliphatic carboxylic acids is 1. The molecule has 0 radical (unpaired) electrons. The molecular weight excluding hydrogens is 224 g/mol. The number of rotatable bonds is 5. The molecule has 0 aromatic carbocycles. The lowest BCUT2D eigenvalue weighted by Crippen LogP contribution is -2.21.